The first-order chi connectivity index (χ1) is 9.69. The Morgan fingerprint density at radius 3 is 2.45 bits per heavy atom. The molecular formula is C16H24O4. The largest absolute Gasteiger partial charge is 0.493 e. The van der Waals surface area contributed by atoms with E-state index in [1.165, 1.54) is 44.9 Å². The average Bonchev–Trinajstić information content (AvgIpc) is 2.46. The summed E-state index contributed by atoms with van der Waals surface area (Å²) >= 11 is 0. The molecule has 1 N–H and O–H groups in total. The summed E-state index contributed by atoms with van der Waals surface area (Å²) in [4.78, 5) is 10.9. The van der Waals surface area contributed by atoms with Crippen molar-refractivity contribution in [2.24, 2.45) is 0 Å². The first-order valence-corrected chi connectivity index (χ1v) is 7.23. The van der Waals surface area contributed by atoms with Crippen LogP contribution in [0.1, 0.15) is 55.8 Å². The van der Waals surface area contributed by atoms with Crippen molar-refractivity contribution in [3.63, 3.8) is 0 Å². The van der Waals surface area contributed by atoms with Crippen LogP contribution in [0, 0.1) is 0 Å². The van der Waals surface area contributed by atoms with Crippen LogP contribution < -0.4 is 9.47 Å². The number of hydrogen-bond donors (Lipinski definition) is 1. The van der Waals surface area contributed by atoms with Crippen LogP contribution in [-0.4, -0.2) is 24.8 Å². The van der Waals surface area contributed by atoms with Crippen molar-refractivity contribution in [2.75, 3.05) is 13.7 Å². The van der Waals surface area contributed by atoms with Gasteiger partial charge in [-0.1, -0.05) is 39.0 Å². The second-order valence-electron chi connectivity index (χ2n) is 4.79. The van der Waals surface area contributed by atoms with Crippen molar-refractivity contribution < 1.29 is 19.4 Å². The summed E-state index contributed by atoms with van der Waals surface area (Å²) in [7, 11) is 1.51. The third-order valence-corrected chi connectivity index (χ3v) is 3.17. The van der Waals surface area contributed by atoms with E-state index in [1.807, 2.05) is 0 Å². The molecule has 0 amide bonds. The van der Waals surface area contributed by atoms with Crippen LogP contribution in [0.5, 0.6) is 11.5 Å². The molecule has 0 aromatic heterocycles. The third kappa shape index (κ3) is 5.51. The van der Waals surface area contributed by atoms with Gasteiger partial charge in [0.15, 0.2) is 11.5 Å². The van der Waals surface area contributed by atoms with E-state index in [9.17, 15) is 4.79 Å². The number of unbranched alkanes of at least 4 members (excludes halogenated alkanes) is 5. The van der Waals surface area contributed by atoms with E-state index in [-0.39, 0.29) is 5.56 Å². The molecular weight excluding hydrogens is 256 g/mol. The number of carboxylic acid groups (broad SMARTS) is 1. The lowest BCUT2D eigenvalue weighted by Gasteiger charge is -2.11. The van der Waals surface area contributed by atoms with Crippen molar-refractivity contribution in [2.45, 2.75) is 45.4 Å². The maximum atomic E-state index is 10.9. The van der Waals surface area contributed by atoms with Crippen molar-refractivity contribution in [3.8, 4) is 11.5 Å². The minimum absolute atomic E-state index is 0.203. The van der Waals surface area contributed by atoms with Crippen LogP contribution in [0.2, 0.25) is 0 Å². The van der Waals surface area contributed by atoms with Gasteiger partial charge < -0.3 is 14.6 Å². The fraction of sp³-hybridized carbons (Fsp3) is 0.562. The van der Waals surface area contributed by atoms with Gasteiger partial charge in [0.1, 0.15) is 0 Å². The van der Waals surface area contributed by atoms with Gasteiger partial charge in [0.2, 0.25) is 0 Å². The third-order valence-electron chi connectivity index (χ3n) is 3.17. The zero-order valence-electron chi connectivity index (χ0n) is 12.4. The summed E-state index contributed by atoms with van der Waals surface area (Å²) in [5.41, 5.74) is 0.203. The van der Waals surface area contributed by atoms with E-state index in [0.29, 0.717) is 18.1 Å². The molecule has 0 aliphatic carbocycles. The molecule has 1 aromatic carbocycles. The summed E-state index contributed by atoms with van der Waals surface area (Å²) in [6, 6.07) is 4.67. The molecule has 0 atom stereocenters. The van der Waals surface area contributed by atoms with E-state index in [4.69, 9.17) is 14.6 Å². The van der Waals surface area contributed by atoms with E-state index >= 15 is 0 Å². The van der Waals surface area contributed by atoms with Crippen LogP contribution in [0.15, 0.2) is 18.2 Å². The Bertz CT molecular complexity index is 415. The first-order valence-electron chi connectivity index (χ1n) is 7.23. The quantitative estimate of drug-likeness (QED) is 0.655. The topological polar surface area (TPSA) is 55.8 Å². The van der Waals surface area contributed by atoms with Crippen molar-refractivity contribution in [3.05, 3.63) is 23.8 Å². The minimum Gasteiger partial charge on any atom is -0.493 e. The number of carbonyl (C=O) groups is 1. The molecule has 0 spiro atoms. The lowest BCUT2D eigenvalue weighted by atomic mass is 10.1. The number of methoxy groups -OCH3 is 1. The smallest absolute Gasteiger partial charge is 0.335 e. The molecule has 0 unspecified atom stereocenters. The fourth-order valence-electron chi connectivity index (χ4n) is 1.98. The van der Waals surface area contributed by atoms with Gasteiger partial charge in [-0.15, -0.1) is 0 Å². The van der Waals surface area contributed by atoms with Crippen LogP contribution in [0.25, 0.3) is 0 Å². The molecule has 20 heavy (non-hydrogen) atoms. The molecule has 0 fully saturated rings. The number of rotatable bonds is 10. The number of benzene rings is 1. The van der Waals surface area contributed by atoms with Gasteiger partial charge in [0, 0.05) is 0 Å². The van der Waals surface area contributed by atoms with Gasteiger partial charge in [-0.2, -0.15) is 0 Å². The van der Waals surface area contributed by atoms with E-state index in [2.05, 4.69) is 6.92 Å². The van der Waals surface area contributed by atoms with Gasteiger partial charge in [0.25, 0.3) is 0 Å². The highest BCUT2D eigenvalue weighted by atomic mass is 16.5. The normalized spacial score (nSPS) is 10.3. The second-order valence-corrected chi connectivity index (χ2v) is 4.79. The number of ether oxygens (including phenoxy) is 2. The van der Waals surface area contributed by atoms with Gasteiger partial charge in [-0.25, -0.2) is 4.79 Å². The standard InChI is InChI=1S/C16H24O4/c1-3-4-5-6-7-8-11-20-14-10-9-13(16(17)18)12-15(14)19-2/h9-10,12H,3-8,11H2,1-2H3,(H,17,18). The number of hydrogen-bond acceptors (Lipinski definition) is 3. The SMILES string of the molecule is CCCCCCCCOc1ccc(C(=O)O)cc1OC. The Morgan fingerprint density at radius 1 is 1.10 bits per heavy atom. The van der Waals surface area contributed by atoms with Gasteiger partial charge in [-0.3, -0.25) is 0 Å². The lowest BCUT2D eigenvalue weighted by molar-refractivity contribution is 0.0696. The van der Waals surface area contributed by atoms with E-state index in [0.717, 1.165) is 12.8 Å². The molecule has 0 bridgehead atoms. The van der Waals surface area contributed by atoms with Crippen molar-refractivity contribution in [1.82, 2.24) is 0 Å². The summed E-state index contributed by atoms with van der Waals surface area (Å²) in [6.45, 7) is 2.84. The van der Waals surface area contributed by atoms with Crippen LogP contribution in [0.4, 0.5) is 0 Å². The van der Waals surface area contributed by atoms with E-state index in [1.54, 1.807) is 6.07 Å². The predicted molar refractivity (Wildman–Crippen MR) is 78.8 cm³/mol. The number of aromatic carboxylic acids is 1. The molecule has 0 aliphatic rings. The van der Waals surface area contributed by atoms with Crippen molar-refractivity contribution in [1.29, 1.82) is 0 Å². The second kappa shape index (κ2) is 9.23. The van der Waals surface area contributed by atoms with Gasteiger partial charge in [0.05, 0.1) is 19.3 Å². The number of carboxylic acids is 1. The molecule has 0 heterocycles. The molecule has 4 heteroatoms. The molecule has 1 aromatic rings. The molecule has 1 rings (SSSR count). The average molecular weight is 280 g/mol. The van der Waals surface area contributed by atoms with Gasteiger partial charge in [-0.05, 0) is 24.6 Å². The predicted octanol–water partition coefficient (Wildman–Crippen LogP) is 4.13. The zero-order chi connectivity index (χ0) is 14.8. The zero-order valence-corrected chi connectivity index (χ0v) is 12.4. The molecule has 112 valence electrons. The van der Waals surface area contributed by atoms with E-state index < -0.39 is 5.97 Å². The maximum absolute atomic E-state index is 10.9. The van der Waals surface area contributed by atoms with Crippen LogP contribution in [0.3, 0.4) is 0 Å². The highest BCUT2D eigenvalue weighted by Crippen LogP contribution is 2.28. The Balaban J connectivity index is 2.38. The minimum atomic E-state index is -0.967. The first kappa shape index (κ1) is 16.3. The van der Waals surface area contributed by atoms with Crippen LogP contribution in [-0.2, 0) is 0 Å². The highest BCUT2D eigenvalue weighted by molar-refractivity contribution is 5.88. The molecule has 0 aliphatic heterocycles. The molecule has 0 saturated carbocycles. The maximum Gasteiger partial charge on any atom is 0.335 e. The molecule has 0 radical (unpaired) electrons. The van der Waals surface area contributed by atoms with Gasteiger partial charge >= 0.3 is 5.97 Å². The molecule has 4 nitrogen and oxygen atoms in total. The summed E-state index contributed by atoms with van der Waals surface area (Å²) in [5.74, 6) is 0.104. The van der Waals surface area contributed by atoms with Crippen LogP contribution >= 0.6 is 0 Å². The Hall–Kier alpha value is -1.71. The summed E-state index contributed by atoms with van der Waals surface area (Å²) in [5, 5.41) is 8.92. The monoisotopic (exact) mass is 280 g/mol. The van der Waals surface area contributed by atoms with Crippen molar-refractivity contribution >= 4 is 5.97 Å². The summed E-state index contributed by atoms with van der Waals surface area (Å²) in [6.07, 6.45) is 7.25. The fourth-order valence-corrected chi connectivity index (χ4v) is 1.98. The molecule has 0 saturated heterocycles. The highest BCUT2D eigenvalue weighted by Gasteiger charge is 2.09. The lowest BCUT2D eigenvalue weighted by Crippen LogP contribution is -2.02. The Morgan fingerprint density at radius 2 is 1.80 bits per heavy atom. The summed E-state index contributed by atoms with van der Waals surface area (Å²) < 4.78 is 10.8. The Kier molecular flexibility index (Phi) is 7.55. The Labute approximate surface area is 120 Å².